The standard InChI is InChI=1S/C22H28N2O5S/c1-16-14-20(30(26,27)24-18-8-10-19(28-2)11-9-18)12-13-21(16)29-15-22(25)23-17-6-4-3-5-7-17/h8-14,17,24H,3-7,15H2,1-2H3,(H,23,25). The molecule has 3 rings (SSSR count). The first-order valence-corrected chi connectivity index (χ1v) is 11.6. The lowest BCUT2D eigenvalue weighted by Crippen LogP contribution is -2.39. The van der Waals surface area contributed by atoms with Gasteiger partial charge in [-0.1, -0.05) is 19.3 Å². The predicted molar refractivity (Wildman–Crippen MR) is 115 cm³/mol. The molecule has 1 aliphatic rings. The molecule has 0 atom stereocenters. The van der Waals surface area contributed by atoms with Gasteiger partial charge in [0.15, 0.2) is 6.61 Å². The van der Waals surface area contributed by atoms with Gasteiger partial charge in [-0.25, -0.2) is 8.42 Å². The van der Waals surface area contributed by atoms with Crippen LogP contribution in [0.3, 0.4) is 0 Å². The molecule has 7 nitrogen and oxygen atoms in total. The van der Waals surface area contributed by atoms with E-state index < -0.39 is 10.0 Å². The first kappa shape index (κ1) is 22.0. The van der Waals surface area contributed by atoms with E-state index in [1.165, 1.54) is 18.6 Å². The van der Waals surface area contributed by atoms with Crippen LogP contribution in [0.2, 0.25) is 0 Å². The molecule has 1 aliphatic carbocycles. The molecule has 1 amide bonds. The van der Waals surface area contributed by atoms with Crippen LogP contribution in [0.15, 0.2) is 47.4 Å². The summed E-state index contributed by atoms with van der Waals surface area (Å²) in [4.78, 5) is 12.2. The van der Waals surface area contributed by atoms with E-state index in [2.05, 4.69) is 10.0 Å². The molecule has 0 radical (unpaired) electrons. The number of aryl methyl sites for hydroxylation is 1. The maximum absolute atomic E-state index is 12.7. The van der Waals surface area contributed by atoms with Crippen LogP contribution in [-0.4, -0.2) is 34.1 Å². The molecule has 1 saturated carbocycles. The van der Waals surface area contributed by atoms with Gasteiger partial charge in [-0.3, -0.25) is 9.52 Å². The third-order valence-electron chi connectivity index (χ3n) is 5.13. The molecule has 2 aromatic carbocycles. The molecule has 0 unspecified atom stereocenters. The monoisotopic (exact) mass is 432 g/mol. The summed E-state index contributed by atoms with van der Waals surface area (Å²) < 4.78 is 38.5. The highest BCUT2D eigenvalue weighted by molar-refractivity contribution is 7.92. The van der Waals surface area contributed by atoms with E-state index in [1.807, 2.05) is 0 Å². The molecule has 2 N–H and O–H groups in total. The van der Waals surface area contributed by atoms with Crippen molar-refractivity contribution in [3.63, 3.8) is 0 Å². The summed E-state index contributed by atoms with van der Waals surface area (Å²) in [6, 6.07) is 11.4. The van der Waals surface area contributed by atoms with Gasteiger partial charge in [-0.15, -0.1) is 0 Å². The second-order valence-corrected chi connectivity index (χ2v) is 9.13. The number of amides is 1. The zero-order valence-corrected chi connectivity index (χ0v) is 18.1. The molecular weight excluding hydrogens is 404 g/mol. The molecule has 8 heteroatoms. The number of benzene rings is 2. The fraction of sp³-hybridized carbons (Fsp3) is 0.409. The topological polar surface area (TPSA) is 93.7 Å². The number of methoxy groups -OCH3 is 1. The average Bonchev–Trinajstić information content (AvgIpc) is 2.74. The maximum atomic E-state index is 12.7. The molecule has 1 fully saturated rings. The van der Waals surface area contributed by atoms with Crippen LogP contribution in [0.4, 0.5) is 5.69 Å². The Bertz CT molecular complexity index is 968. The van der Waals surface area contributed by atoms with E-state index in [0.29, 0.717) is 22.7 Å². The highest BCUT2D eigenvalue weighted by Gasteiger charge is 2.18. The van der Waals surface area contributed by atoms with E-state index in [0.717, 1.165) is 25.7 Å². The van der Waals surface area contributed by atoms with Gasteiger partial charge in [0.05, 0.1) is 12.0 Å². The Labute approximate surface area is 177 Å². The molecule has 162 valence electrons. The third kappa shape index (κ3) is 5.89. The Morgan fingerprint density at radius 3 is 2.40 bits per heavy atom. The SMILES string of the molecule is COc1ccc(NS(=O)(=O)c2ccc(OCC(=O)NC3CCCCC3)c(C)c2)cc1. The van der Waals surface area contributed by atoms with Gasteiger partial charge >= 0.3 is 0 Å². The van der Waals surface area contributed by atoms with Crippen molar-refractivity contribution in [3.8, 4) is 11.5 Å². The van der Waals surface area contributed by atoms with E-state index in [4.69, 9.17) is 9.47 Å². The van der Waals surface area contributed by atoms with Crippen LogP contribution >= 0.6 is 0 Å². The zero-order valence-electron chi connectivity index (χ0n) is 17.3. The molecular formula is C22H28N2O5S. The number of carbonyl (C=O) groups is 1. The van der Waals surface area contributed by atoms with E-state index >= 15 is 0 Å². The predicted octanol–water partition coefficient (Wildman–Crippen LogP) is 3.63. The number of rotatable bonds is 8. The van der Waals surface area contributed by atoms with Crippen LogP contribution in [0, 0.1) is 6.92 Å². The number of ether oxygens (including phenoxy) is 2. The minimum Gasteiger partial charge on any atom is -0.497 e. The summed E-state index contributed by atoms with van der Waals surface area (Å²) in [5.74, 6) is 0.971. The normalized spacial score (nSPS) is 14.7. The second kappa shape index (κ2) is 9.84. The lowest BCUT2D eigenvalue weighted by molar-refractivity contribution is -0.124. The first-order chi connectivity index (χ1) is 14.4. The number of hydrogen-bond donors (Lipinski definition) is 2. The van der Waals surface area contributed by atoms with Crippen molar-refractivity contribution in [3.05, 3.63) is 48.0 Å². The van der Waals surface area contributed by atoms with Crippen LogP contribution in [0.25, 0.3) is 0 Å². The van der Waals surface area contributed by atoms with Crippen molar-refractivity contribution in [1.29, 1.82) is 0 Å². The molecule has 0 spiro atoms. The summed E-state index contributed by atoms with van der Waals surface area (Å²) in [6.07, 6.45) is 5.54. The van der Waals surface area contributed by atoms with Crippen LogP contribution in [-0.2, 0) is 14.8 Å². The Hall–Kier alpha value is -2.74. The van der Waals surface area contributed by atoms with Crippen molar-refractivity contribution < 1.29 is 22.7 Å². The van der Waals surface area contributed by atoms with Gasteiger partial charge in [-0.2, -0.15) is 0 Å². The average molecular weight is 433 g/mol. The van der Waals surface area contributed by atoms with Gasteiger partial charge in [-0.05, 0) is 67.8 Å². The Morgan fingerprint density at radius 2 is 1.77 bits per heavy atom. The van der Waals surface area contributed by atoms with Gasteiger partial charge < -0.3 is 14.8 Å². The summed E-state index contributed by atoms with van der Waals surface area (Å²) in [5.41, 5.74) is 1.08. The number of sulfonamides is 1. The smallest absolute Gasteiger partial charge is 0.261 e. The van der Waals surface area contributed by atoms with E-state index in [1.54, 1.807) is 44.4 Å². The van der Waals surface area contributed by atoms with Crippen LogP contribution < -0.4 is 19.5 Å². The maximum Gasteiger partial charge on any atom is 0.261 e. The second-order valence-electron chi connectivity index (χ2n) is 7.45. The Balaban J connectivity index is 1.59. The lowest BCUT2D eigenvalue weighted by atomic mass is 9.95. The number of nitrogens with one attached hydrogen (secondary N) is 2. The minimum absolute atomic E-state index is 0.0897. The molecule has 0 heterocycles. The molecule has 0 saturated heterocycles. The van der Waals surface area contributed by atoms with Crippen molar-refractivity contribution in [2.24, 2.45) is 0 Å². The quantitative estimate of drug-likeness (QED) is 0.664. The molecule has 2 aromatic rings. The van der Waals surface area contributed by atoms with Crippen molar-refractivity contribution in [2.75, 3.05) is 18.4 Å². The third-order valence-corrected chi connectivity index (χ3v) is 6.51. The zero-order chi connectivity index (χ0) is 21.6. The van der Waals surface area contributed by atoms with Gasteiger partial charge in [0.2, 0.25) is 0 Å². The first-order valence-electron chi connectivity index (χ1n) is 10.1. The lowest BCUT2D eigenvalue weighted by Gasteiger charge is -2.22. The highest BCUT2D eigenvalue weighted by atomic mass is 32.2. The number of carbonyl (C=O) groups excluding carboxylic acids is 1. The minimum atomic E-state index is -3.75. The van der Waals surface area contributed by atoms with E-state index in [9.17, 15) is 13.2 Å². The fourth-order valence-electron chi connectivity index (χ4n) is 3.48. The van der Waals surface area contributed by atoms with Crippen molar-refractivity contribution in [2.45, 2.75) is 50.0 Å². The Morgan fingerprint density at radius 1 is 1.07 bits per heavy atom. The summed E-state index contributed by atoms with van der Waals surface area (Å²) >= 11 is 0. The highest BCUT2D eigenvalue weighted by Crippen LogP contribution is 2.24. The van der Waals surface area contributed by atoms with Crippen LogP contribution in [0.5, 0.6) is 11.5 Å². The van der Waals surface area contributed by atoms with Gasteiger partial charge in [0, 0.05) is 11.7 Å². The van der Waals surface area contributed by atoms with Gasteiger partial charge in [0.25, 0.3) is 15.9 Å². The molecule has 0 aromatic heterocycles. The molecule has 30 heavy (non-hydrogen) atoms. The summed E-state index contributed by atoms with van der Waals surface area (Å²) in [5, 5.41) is 3.00. The number of anilines is 1. The molecule has 0 bridgehead atoms. The molecule has 0 aliphatic heterocycles. The van der Waals surface area contributed by atoms with E-state index in [-0.39, 0.29) is 23.5 Å². The largest absolute Gasteiger partial charge is 0.497 e. The Kier molecular flexibility index (Phi) is 7.20. The van der Waals surface area contributed by atoms with Crippen molar-refractivity contribution >= 4 is 21.6 Å². The summed E-state index contributed by atoms with van der Waals surface area (Å²) in [6.45, 7) is 1.66. The fourth-order valence-corrected chi connectivity index (χ4v) is 4.63. The summed E-state index contributed by atoms with van der Waals surface area (Å²) in [7, 11) is -2.20. The van der Waals surface area contributed by atoms with Crippen molar-refractivity contribution in [1.82, 2.24) is 5.32 Å². The van der Waals surface area contributed by atoms with Crippen LogP contribution in [0.1, 0.15) is 37.7 Å². The van der Waals surface area contributed by atoms with Gasteiger partial charge in [0.1, 0.15) is 11.5 Å². The number of hydrogen-bond acceptors (Lipinski definition) is 5.